The van der Waals surface area contributed by atoms with Crippen LogP contribution in [0.4, 0.5) is 0 Å². The van der Waals surface area contributed by atoms with Crippen molar-refractivity contribution in [2.45, 2.75) is 6.42 Å². The fourth-order valence-corrected chi connectivity index (χ4v) is 2.21. The van der Waals surface area contributed by atoms with Gasteiger partial charge in [-0.15, -0.1) is 0 Å². The molecule has 2 aromatic rings. The quantitative estimate of drug-likeness (QED) is 0.730. The number of carbonyl (C=O) groups is 2. The number of hydrogen-bond acceptors (Lipinski definition) is 3. The molecule has 0 spiro atoms. The minimum absolute atomic E-state index is 0.141. The van der Waals surface area contributed by atoms with Gasteiger partial charge >= 0.3 is 0 Å². The summed E-state index contributed by atoms with van der Waals surface area (Å²) in [6.45, 7) is 1.49. The molecule has 0 heterocycles. The molecule has 2 rings (SSSR count). The fourth-order valence-electron chi connectivity index (χ4n) is 2.21. The first-order valence-electron chi connectivity index (χ1n) is 7.90. The van der Waals surface area contributed by atoms with Gasteiger partial charge in [0.15, 0.2) is 0 Å². The molecule has 0 aliphatic carbocycles. The van der Waals surface area contributed by atoms with E-state index in [4.69, 9.17) is 4.74 Å². The van der Waals surface area contributed by atoms with E-state index in [1.165, 1.54) is 5.56 Å². The van der Waals surface area contributed by atoms with Gasteiger partial charge in [-0.25, -0.2) is 0 Å². The number of benzene rings is 2. The van der Waals surface area contributed by atoms with Crippen LogP contribution in [0.2, 0.25) is 0 Å². The molecule has 5 nitrogen and oxygen atoms in total. The van der Waals surface area contributed by atoms with Gasteiger partial charge in [-0.05, 0) is 36.2 Å². The molecule has 126 valence electrons. The lowest BCUT2D eigenvalue weighted by atomic mass is 10.1. The number of rotatable bonds is 8. The van der Waals surface area contributed by atoms with Crippen LogP contribution in [0, 0.1) is 0 Å². The van der Waals surface area contributed by atoms with Crippen LogP contribution in [-0.4, -0.2) is 38.6 Å². The molecular weight excluding hydrogens is 304 g/mol. The smallest absolute Gasteiger partial charge is 0.251 e. The Morgan fingerprint density at radius 1 is 0.833 bits per heavy atom. The lowest BCUT2D eigenvalue weighted by Gasteiger charge is -2.07. The van der Waals surface area contributed by atoms with Crippen molar-refractivity contribution in [1.82, 2.24) is 10.6 Å². The Bertz CT molecular complexity index is 654. The number of ether oxygens (including phenoxy) is 1. The molecule has 0 saturated carbocycles. The molecule has 0 unspecified atom stereocenters. The maximum atomic E-state index is 12.1. The van der Waals surface area contributed by atoms with Crippen molar-refractivity contribution in [1.29, 1.82) is 0 Å². The lowest BCUT2D eigenvalue weighted by Crippen LogP contribution is -2.27. The standard InChI is InChI=1S/C19H22N2O3/c1-24-14-13-21-19(23)17-9-7-16(8-10-17)18(22)20-12-11-15-5-3-2-4-6-15/h2-10H,11-14H2,1H3,(H,20,22)(H,21,23). The van der Waals surface area contributed by atoms with Gasteiger partial charge in [0, 0.05) is 31.3 Å². The van der Waals surface area contributed by atoms with Crippen molar-refractivity contribution in [3.63, 3.8) is 0 Å². The maximum absolute atomic E-state index is 12.1. The summed E-state index contributed by atoms with van der Waals surface area (Å²) in [5.41, 5.74) is 2.24. The average molecular weight is 326 g/mol. The molecule has 0 aromatic heterocycles. The highest BCUT2D eigenvalue weighted by Gasteiger charge is 2.08. The van der Waals surface area contributed by atoms with Gasteiger partial charge in [0.25, 0.3) is 11.8 Å². The van der Waals surface area contributed by atoms with E-state index in [-0.39, 0.29) is 11.8 Å². The largest absolute Gasteiger partial charge is 0.383 e. The van der Waals surface area contributed by atoms with Gasteiger partial charge in [0.05, 0.1) is 6.61 Å². The Morgan fingerprint density at radius 2 is 1.38 bits per heavy atom. The van der Waals surface area contributed by atoms with Crippen LogP contribution in [0.1, 0.15) is 26.3 Å². The van der Waals surface area contributed by atoms with Crippen LogP contribution in [-0.2, 0) is 11.2 Å². The summed E-state index contributed by atoms with van der Waals surface area (Å²) < 4.78 is 4.88. The Morgan fingerprint density at radius 3 is 1.92 bits per heavy atom. The van der Waals surface area contributed by atoms with E-state index in [0.29, 0.717) is 30.8 Å². The predicted molar refractivity (Wildman–Crippen MR) is 93.1 cm³/mol. The van der Waals surface area contributed by atoms with Crippen molar-refractivity contribution >= 4 is 11.8 Å². The van der Waals surface area contributed by atoms with Gasteiger partial charge < -0.3 is 15.4 Å². The average Bonchev–Trinajstić information content (AvgIpc) is 2.63. The van der Waals surface area contributed by atoms with Gasteiger partial charge in [-0.1, -0.05) is 30.3 Å². The molecule has 0 aliphatic rings. The van der Waals surface area contributed by atoms with Crippen LogP contribution in [0.5, 0.6) is 0 Å². The summed E-state index contributed by atoms with van der Waals surface area (Å²) in [6, 6.07) is 16.6. The number of hydrogen-bond donors (Lipinski definition) is 2. The molecular formula is C19H22N2O3. The van der Waals surface area contributed by atoms with E-state index in [9.17, 15) is 9.59 Å². The minimum atomic E-state index is -0.178. The van der Waals surface area contributed by atoms with Crippen molar-refractivity contribution < 1.29 is 14.3 Å². The van der Waals surface area contributed by atoms with E-state index in [1.54, 1.807) is 31.4 Å². The Labute approximate surface area is 142 Å². The molecule has 0 fully saturated rings. The topological polar surface area (TPSA) is 67.4 Å². The maximum Gasteiger partial charge on any atom is 0.251 e. The second-order valence-corrected chi connectivity index (χ2v) is 5.32. The zero-order valence-electron chi connectivity index (χ0n) is 13.7. The molecule has 2 aromatic carbocycles. The molecule has 0 radical (unpaired) electrons. The van der Waals surface area contributed by atoms with Crippen molar-refractivity contribution in [2.24, 2.45) is 0 Å². The molecule has 2 N–H and O–H groups in total. The predicted octanol–water partition coefficient (Wildman–Crippen LogP) is 2.04. The molecule has 24 heavy (non-hydrogen) atoms. The van der Waals surface area contributed by atoms with Gasteiger partial charge in [-0.3, -0.25) is 9.59 Å². The number of methoxy groups -OCH3 is 1. The third kappa shape index (κ3) is 5.52. The highest BCUT2D eigenvalue weighted by atomic mass is 16.5. The van der Waals surface area contributed by atoms with Crippen LogP contribution in [0.3, 0.4) is 0 Å². The normalized spacial score (nSPS) is 10.2. The first-order chi connectivity index (χ1) is 11.7. The Hall–Kier alpha value is -2.66. The van der Waals surface area contributed by atoms with Crippen LogP contribution < -0.4 is 10.6 Å². The molecule has 0 aliphatic heterocycles. The van der Waals surface area contributed by atoms with E-state index in [0.717, 1.165) is 6.42 Å². The monoisotopic (exact) mass is 326 g/mol. The van der Waals surface area contributed by atoms with E-state index >= 15 is 0 Å². The second kappa shape index (κ2) is 9.47. The van der Waals surface area contributed by atoms with Crippen molar-refractivity contribution in [2.75, 3.05) is 26.8 Å². The number of carbonyl (C=O) groups excluding carboxylic acids is 2. The van der Waals surface area contributed by atoms with E-state index in [1.807, 2.05) is 30.3 Å². The molecule has 5 heteroatoms. The second-order valence-electron chi connectivity index (χ2n) is 5.32. The zero-order chi connectivity index (χ0) is 17.2. The SMILES string of the molecule is COCCNC(=O)c1ccc(C(=O)NCCc2ccccc2)cc1. The van der Waals surface area contributed by atoms with Gasteiger partial charge in [0.1, 0.15) is 0 Å². The highest BCUT2D eigenvalue weighted by Crippen LogP contribution is 2.05. The Kier molecular flexibility index (Phi) is 6.98. The third-order valence-electron chi connectivity index (χ3n) is 3.54. The van der Waals surface area contributed by atoms with Crippen LogP contribution >= 0.6 is 0 Å². The molecule has 0 saturated heterocycles. The lowest BCUT2D eigenvalue weighted by molar-refractivity contribution is 0.0931. The highest BCUT2D eigenvalue weighted by molar-refractivity contribution is 5.97. The summed E-state index contributed by atoms with van der Waals surface area (Å²) in [7, 11) is 1.58. The summed E-state index contributed by atoms with van der Waals surface area (Å²) >= 11 is 0. The zero-order valence-corrected chi connectivity index (χ0v) is 13.7. The fraction of sp³-hybridized carbons (Fsp3) is 0.263. The third-order valence-corrected chi connectivity index (χ3v) is 3.54. The van der Waals surface area contributed by atoms with E-state index in [2.05, 4.69) is 10.6 Å². The van der Waals surface area contributed by atoms with Gasteiger partial charge in [0.2, 0.25) is 0 Å². The molecule has 2 amide bonds. The van der Waals surface area contributed by atoms with E-state index < -0.39 is 0 Å². The van der Waals surface area contributed by atoms with Crippen molar-refractivity contribution in [3.8, 4) is 0 Å². The van der Waals surface area contributed by atoms with Gasteiger partial charge in [-0.2, -0.15) is 0 Å². The summed E-state index contributed by atoms with van der Waals surface area (Å²) in [4.78, 5) is 24.0. The van der Waals surface area contributed by atoms with Crippen LogP contribution in [0.25, 0.3) is 0 Å². The van der Waals surface area contributed by atoms with Crippen molar-refractivity contribution in [3.05, 3.63) is 71.3 Å². The Balaban J connectivity index is 1.81. The van der Waals surface area contributed by atoms with Crippen LogP contribution in [0.15, 0.2) is 54.6 Å². The summed E-state index contributed by atoms with van der Waals surface area (Å²) in [5.74, 6) is -0.319. The summed E-state index contributed by atoms with van der Waals surface area (Å²) in [5, 5.41) is 5.62. The molecule has 0 bridgehead atoms. The summed E-state index contributed by atoms with van der Waals surface area (Å²) in [6.07, 6.45) is 0.784. The minimum Gasteiger partial charge on any atom is -0.383 e. The number of amides is 2. The first kappa shape index (κ1) is 17.7. The number of nitrogens with one attached hydrogen (secondary N) is 2. The first-order valence-corrected chi connectivity index (χ1v) is 7.90. The molecule has 0 atom stereocenters.